The van der Waals surface area contributed by atoms with Crippen LogP contribution in [0.2, 0.25) is 10.0 Å². The lowest BCUT2D eigenvalue weighted by Crippen LogP contribution is -2.27. The molecule has 0 saturated carbocycles. The molecule has 1 amide bonds. The summed E-state index contributed by atoms with van der Waals surface area (Å²) in [6.45, 7) is 2.51. The van der Waals surface area contributed by atoms with Crippen LogP contribution in [0.3, 0.4) is 0 Å². The zero-order chi connectivity index (χ0) is 18.0. The lowest BCUT2D eigenvalue weighted by molar-refractivity contribution is -0.113. The van der Waals surface area contributed by atoms with Crippen LogP contribution >= 0.6 is 47.2 Å². The molecule has 1 aliphatic heterocycles. The fourth-order valence-corrected chi connectivity index (χ4v) is 4.06. The Labute approximate surface area is 165 Å². The van der Waals surface area contributed by atoms with E-state index in [0.29, 0.717) is 31.6 Å². The average Bonchev–Trinajstić information content (AvgIpc) is 2.85. The molecule has 3 rings (SSSR count). The molecule has 0 N–H and O–H groups in total. The molecule has 1 heterocycles. The topological polar surface area (TPSA) is 29.5 Å². The number of amides is 1. The monoisotopic (exact) mass is 409 g/mol. The van der Waals surface area contributed by atoms with Gasteiger partial charge >= 0.3 is 0 Å². The van der Waals surface area contributed by atoms with Crippen LogP contribution in [0.15, 0.2) is 47.4 Å². The van der Waals surface area contributed by atoms with Crippen LogP contribution in [0.5, 0.6) is 5.75 Å². The summed E-state index contributed by atoms with van der Waals surface area (Å²) in [4.78, 5) is 14.8. The van der Waals surface area contributed by atoms with E-state index in [1.54, 1.807) is 24.3 Å². The molecule has 0 aliphatic carbocycles. The molecule has 0 aromatic heterocycles. The summed E-state index contributed by atoms with van der Waals surface area (Å²) < 4.78 is 5.90. The van der Waals surface area contributed by atoms with E-state index in [1.165, 1.54) is 16.7 Å². The van der Waals surface area contributed by atoms with Crippen molar-refractivity contribution < 1.29 is 9.53 Å². The second kappa shape index (κ2) is 7.79. The SMILES string of the molecule is CCOc1ccc(N2C(=O)/C(=C/c3ccc(Cl)cc3Cl)SC2=S)cc1. The molecule has 2 aromatic carbocycles. The van der Waals surface area contributed by atoms with Gasteiger partial charge in [-0.25, -0.2) is 0 Å². The number of hydrogen-bond donors (Lipinski definition) is 0. The number of carbonyl (C=O) groups is 1. The maximum absolute atomic E-state index is 12.8. The Kier molecular flexibility index (Phi) is 5.69. The van der Waals surface area contributed by atoms with E-state index in [-0.39, 0.29) is 5.91 Å². The molecule has 0 atom stereocenters. The Hall–Kier alpha value is -1.53. The number of anilines is 1. The summed E-state index contributed by atoms with van der Waals surface area (Å²) in [6.07, 6.45) is 1.73. The molecule has 128 valence electrons. The largest absolute Gasteiger partial charge is 0.494 e. The quantitative estimate of drug-likeness (QED) is 0.471. The summed E-state index contributed by atoms with van der Waals surface area (Å²) in [7, 11) is 0. The van der Waals surface area contributed by atoms with Crippen LogP contribution in [-0.4, -0.2) is 16.8 Å². The molecule has 1 saturated heterocycles. The van der Waals surface area contributed by atoms with Crippen molar-refractivity contribution in [3.8, 4) is 5.75 Å². The van der Waals surface area contributed by atoms with E-state index in [1.807, 2.05) is 31.2 Å². The van der Waals surface area contributed by atoms with Crippen molar-refractivity contribution in [3.63, 3.8) is 0 Å². The van der Waals surface area contributed by atoms with Crippen molar-refractivity contribution in [2.45, 2.75) is 6.92 Å². The van der Waals surface area contributed by atoms with Gasteiger partial charge in [0.1, 0.15) is 5.75 Å². The van der Waals surface area contributed by atoms with E-state index in [2.05, 4.69) is 0 Å². The molecular formula is C18H13Cl2NO2S2. The first-order chi connectivity index (χ1) is 12.0. The van der Waals surface area contributed by atoms with Crippen molar-refractivity contribution in [2.24, 2.45) is 0 Å². The summed E-state index contributed by atoms with van der Waals surface area (Å²) in [6, 6.07) is 12.4. The van der Waals surface area contributed by atoms with Gasteiger partial charge in [-0.3, -0.25) is 9.69 Å². The predicted molar refractivity (Wildman–Crippen MR) is 110 cm³/mol. The standard InChI is InChI=1S/C18H13Cl2NO2S2/c1-2-23-14-7-5-13(6-8-14)21-17(22)16(25-18(21)24)9-11-3-4-12(19)10-15(11)20/h3-10H,2H2,1H3/b16-9-. The van der Waals surface area contributed by atoms with Crippen LogP contribution in [0.4, 0.5) is 5.69 Å². The van der Waals surface area contributed by atoms with Gasteiger partial charge in [0, 0.05) is 10.0 Å². The van der Waals surface area contributed by atoms with Gasteiger partial charge in [0.15, 0.2) is 4.32 Å². The average molecular weight is 410 g/mol. The minimum Gasteiger partial charge on any atom is -0.494 e. The number of halogens is 2. The third kappa shape index (κ3) is 4.01. The molecular weight excluding hydrogens is 397 g/mol. The summed E-state index contributed by atoms with van der Waals surface area (Å²) in [5.74, 6) is 0.574. The minimum absolute atomic E-state index is 0.176. The van der Waals surface area contributed by atoms with Gasteiger partial charge in [0.05, 0.1) is 17.2 Å². The van der Waals surface area contributed by atoms with Crippen LogP contribution < -0.4 is 9.64 Å². The van der Waals surface area contributed by atoms with Crippen molar-refractivity contribution in [1.29, 1.82) is 0 Å². The van der Waals surface area contributed by atoms with Crippen LogP contribution in [0.1, 0.15) is 12.5 Å². The second-order valence-corrected chi connectivity index (χ2v) is 7.63. The van der Waals surface area contributed by atoms with Crippen molar-refractivity contribution >= 4 is 69.2 Å². The normalized spacial score (nSPS) is 16.0. The van der Waals surface area contributed by atoms with Crippen molar-refractivity contribution in [2.75, 3.05) is 11.5 Å². The first-order valence-electron chi connectivity index (χ1n) is 7.45. The van der Waals surface area contributed by atoms with E-state index >= 15 is 0 Å². The summed E-state index contributed by atoms with van der Waals surface area (Å²) in [5, 5.41) is 1.03. The van der Waals surface area contributed by atoms with E-state index in [4.69, 9.17) is 40.2 Å². The third-order valence-electron chi connectivity index (χ3n) is 3.45. The molecule has 1 fully saturated rings. The van der Waals surface area contributed by atoms with Crippen molar-refractivity contribution in [3.05, 3.63) is 63.0 Å². The minimum atomic E-state index is -0.176. The zero-order valence-electron chi connectivity index (χ0n) is 13.2. The maximum Gasteiger partial charge on any atom is 0.270 e. The van der Waals surface area contributed by atoms with Gasteiger partial charge in [-0.1, -0.05) is 53.2 Å². The molecule has 2 aromatic rings. The number of hydrogen-bond acceptors (Lipinski definition) is 4. The maximum atomic E-state index is 12.8. The molecule has 0 radical (unpaired) electrons. The molecule has 1 aliphatic rings. The van der Waals surface area contributed by atoms with Gasteiger partial charge in [-0.2, -0.15) is 0 Å². The fourth-order valence-electron chi connectivity index (χ4n) is 2.31. The first-order valence-corrected chi connectivity index (χ1v) is 9.43. The van der Waals surface area contributed by atoms with E-state index < -0.39 is 0 Å². The Bertz CT molecular complexity index is 866. The molecule has 3 nitrogen and oxygen atoms in total. The number of thioether (sulfide) groups is 1. The molecule has 7 heteroatoms. The number of benzene rings is 2. The van der Waals surface area contributed by atoms with Crippen LogP contribution in [0, 0.1) is 0 Å². The number of thiocarbonyl (C=S) groups is 1. The van der Waals surface area contributed by atoms with Crippen LogP contribution in [0.25, 0.3) is 6.08 Å². The van der Waals surface area contributed by atoms with Gasteiger partial charge in [-0.05, 0) is 55.0 Å². The van der Waals surface area contributed by atoms with Crippen LogP contribution in [-0.2, 0) is 4.79 Å². The summed E-state index contributed by atoms with van der Waals surface area (Å²) in [5.41, 5.74) is 1.43. The van der Waals surface area contributed by atoms with E-state index in [0.717, 1.165) is 11.3 Å². The highest BCUT2D eigenvalue weighted by molar-refractivity contribution is 8.27. The van der Waals surface area contributed by atoms with E-state index in [9.17, 15) is 4.79 Å². The Balaban J connectivity index is 1.88. The number of carbonyl (C=O) groups excluding carboxylic acids is 1. The van der Waals surface area contributed by atoms with Gasteiger partial charge in [-0.15, -0.1) is 0 Å². The number of nitrogens with zero attached hydrogens (tertiary/aromatic N) is 1. The smallest absolute Gasteiger partial charge is 0.270 e. The highest BCUT2D eigenvalue weighted by Crippen LogP contribution is 2.37. The first kappa shape index (κ1) is 18.3. The van der Waals surface area contributed by atoms with Crippen molar-refractivity contribution in [1.82, 2.24) is 0 Å². The highest BCUT2D eigenvalue weighted by atomic mass is 35.5. The third-order valence-corrected chi connectivity index (χ3v) is 5.31. The molecule has 0 bridgehead atoms. The molecule has 0 spiro atoms. The Morgan fingerprint density at radius 1 is 1.20 bits per heavy atom. The fraction of sp³-hybridized carbons (Fsp3) is 0.111. The Morgan fingerprint density at radius 3 is 2.56 bits per heavy atom. The Morgan fingerprint density at radius 2 is 1.92 bits per heavy atom. The molecule has 25 heavy (non-hydrogen) atoms. The highest BCUT2D eigenvalue weighted by Gasteiger charge is 2.33. The van der Waals surface area contributed by atoms with Gasteiger partial charge in [0.2, 0.25) is 0 Å². The van der Waals surface area contributed by atoms with Gasteiger partial charge < -0.3 is 4.74 Å². The second-order valence-electron chi connectivity index (χ2n) is 5.11. The number of ether oxygens (including phenoxy) is 1. The number of rotatable bonds is 4. The summed E-state index contributed by atoms with van der Waals surface area (Å²) >= 11 is 18.7. The van der Waals surface area contributed by atoms with Gasteiger partial charge in [0.25, 0.3) is 5.91 Å². The lowest BCUT2D eigenvalue weighted by Gasteiger charge is -2.15. The lowest BCUT2D eigenvalue weighted by atomic mass is 10.2. The predicted octanol–water partition coefficient (Wildman–Crippen LogP) is 5.80. The molecule has 0 unspecified atom stereocenters. The zero-order valence-corrected chi connectivity index (χ0v) is 16.3.